The molecule has 0 aliphatic rings. The second kappa shape index (κ2) is 12.5. The lowest BCUT2D eigenvalue weighted by atomic mass is 9.96. The molecule has 5 rings (SSSR count). The maximum absolute atomic E-state index is 12.1. The van der Waals surface area contributed by atoms with Crippen molar-refractivity contribution in [3.8, 4) is 22.9 Å². The molecular formula is C32H32N4O5. The van der Waals surface area contributed by atoms with Gasteiger partial charge in [0, 0.05) is 19.4 Å². The van der Waals surface area contributed by atoms with E-state index in [-0.39, 0.29) is 17.4 Å². The largest absolute Gasteiger partial charge is 0.488 e. The van der Waals surface area contributed by atoms with Gasteiger partial charge in [0.1, 0.15) is 30.5 Å². The van der Waals surface area contributed by atoms with Gasteiger partial charge < -0.3 is 24.3 Å². The van der Waals surface area contributed by atoms with Crippen molar-refractivity contribution in [1.29, 1.82) is 0 Å². The summed E-state index contributed by atoms with van der Waals surface area (Å²) in [6.07, 6.45) is 0.923. The quantitative estimate of drug-likeness (QED) is 0.194. The van der Waals surface area contributed by atoms with Gasteiger partial charge in [-0.25, -0.2) is 0 Å². The van der Waals surface area contributed by atoms with Crippen LogP contribution in [0.2, 0.25) is 0 Å². The van der Waals surface area contributed by atoms with Crippen molar-refractivity contribution >= 4 is 5.91 Å². The number of aromatic nitrogens is 3. The van der Waals surface area contributed by atoms with Crippen molar-refractivity contribution in [2.75, 3.05) is 0 Å². The van der Waals surface area contributed by atoms with Gasteiger partial charge in [-0.2, -0.15) is 4.98 Å². The highest BCUT2D eigenvalue weighted by atomic mass is 16.5. The fourth-order valence-electron chi connectivity index (χ4n) is 4.54. The summed E-state index contributed by atoms with van der Waals surface area (Å²) in [7, 11) is 0. The Balaban J connectivity index is 1.47. The highest BCUT2D eigenvalue weighted by molar-refractivity contribution is 5.97. The summed E-state index contributed by atoms with van der Waals surface area (Å²) in [5, 5.41) is 7.86. The van der Waals surface area contributed by atoms with Crippen LogP contribution in [-0.2, 0) is 26.1 Å². The molecule has 0 saturated carbocycles. The molecule has 2 heterocycles. The topological polar surface area (TPSA) is 127 Å². The predicted octanol–water partition coefficient (Wildman–Crippen LogP) is 6.20. The first-order chi connectivity index (χ1) is 19.9. The Kier molecular flexibility index (Phi) is 8.43. The zero-order chi connectivity index (χ0) is 28.8. The van der Waals surface area contributed by atoms with Crippen LogP contribution in [0.4, 0.5) is 0 Å². The lowest BCUT2D eigenvalue weighted by Crippen LogP contribution is -2.13. The van der Waals surface area contributed by atoms with Crippen molar-refractivity contribution in [3.05, 3.63) is 112 Å². The number of aryl methyl sites for hydroxylation is 3. The smallest absolute Gasteiger partial charge is 0.271 e. The van der Waals surface area contributed by atoms with E-state index >= 15 is 0 Å². The number of primary amides is 1. The SMILES string of the molecule is Cc1nc(-c2c(C(N)=O)noc2CCc2cc(C(C)C)c(OCc3ccccc3)cc2OCc2ccccc2)no1. The van der Waals surface area contributed by atoms with Crippen molar-refractivity contribution in [1.82, 2.24) is 15.3 Å². The maximum atomic E-state index is 12.1. The molecule has 1 amide bonds. The molecule has 0 fully saturated rings. The van der Waals surface area contributed by atoms with E-state index in [1.807, 2.05) is 66.7 Å². The Morgan fingerprint density at radius 2 is 1.49 bits per heavy atom. The van der Waals surface area contributed by atoms with Crippen LogP contribution in [0.3, 0.4) is 0 Å². The van der Waals surface area contributed by atoms with Gasteiger partial charge >= 0.3 is 0 Å². The normalized spacial score (nSPS) is 11.1. The van der Waals surface area contributed by atoms with Gasteiger partial charge in [-0.1, -0.05) is 84.8 Å². The molecule has 2 N–H and O–H groups in total. The van der Waals surface area contributed by atoms with Crippen LogP contribution < -0.4 is 15.2 Å². The van der Waals surface area contributed by atoms with E-state index in [1.54, 1.807) is 6.92 Å². The second-order valence-corrected chi connectivity index (χ2v) is 10.0. The van der Waals surface area contributed by atoms with Crippen LogP contribution in [0.25, 0.3) is 11.4 Å². The Labute approximate surface area is 238 Å². The first-order valence-electron chi connectivity index (χ1n) is 13.5. The zero-order valence-corrected chi connectivity index (χ0v) is 23.3. The summed E-state index contributed by atoms with van der Waals surface area (Å²) in [5.74, 6) is 1.94. The zero-order valence-electron chi connectivity index (χ0n) is 23.3. The van der Waals surface area contributed by atoms with E-state index in [2.05, 4.69) is 35.2 Å². The molecule has 210 valence electrons. The molecule has 0 spiro atoms. The Morgan fingerprint density at radius 1 is 0.854 bits per heavy atom. The van der Waals surface area contributed by atoms with Crippen molar-refractivity contribution in [2.45, 2.75) is 52.7 Å². The summed E-state index contributed by atoms with van der Waals surface area (Å²) in [6.45, 7) is 6.77. The van der Waals surface area contributed by atoms with Crippen LogP contribution in [0, 0.1) is 6.92 Å². The Hall–Kier alpha value is -4.92. The number of hydrogen-bond donors (Lipinski definition) is 1. The molecule has 0 atom stereocenters. The molecular weight excluding hydrogens is 520 g/mol. The average molecular weight is 553 g/mol. The third-order valence-electron chi connectivity index (χ3n) is 6.66. The van der Waals surface area contributed by atoms with E-state index in [4.69, 9.17) is 24.3 Å². The van der Waals surface area contributed by atoms with E-state index in [1.165, 1.54) is 0 Å². The molecule has 2 aromatic heterocycles. The molecule has 0 aliphatic heterocycles. The third-order valence-corrected chi connectivity index (χ3v) is 6.66. The van der Waals surface area contributed by atoms with Crippen LogP contribution in [0.15, 0.2) is 81.8 Å². The second-order valence-electron chi connectivity index (χ2n) is 10.0. The Morgan fingerprint density at radius 3 is 2.05 bits per heavy atom. The monoisotopic (exact) mass is 552 g/mol. The maximum Gasteiger partial charge on any atom is 0.271 e. The van der Waals surface area contributed by atoms with E-state index in [0.717, 1.165) is 28.0 Å². The number of nitrogens with two attached hydrogens (primary N) is 1. The number of hydrogen-bond acceptors (Lipinski definition) is 8. The number of nitrogens with zero attached hydrogens (tertiary/aromatic N) is 3. The van der Waals surface area contributed by atoms with Crippen LogP contribution >= 0.6 is 0 Å². The third kappa shape index (κ3) is 6.63. The van der Waals surface area contributed by atoms with Gasteiger partial charge in [-0.15, -0.1) is 0 Å². The minimum Gasteiger partial charge on any atom is -0.488 e. The van der Waals surface area contributed by atoms with Crippen molar-refractivity contribution < 1.29 is 23.3 Å². The van der Waals surface area contributed by atoms with Gasteiger partial charge in [0.15, 0.2) is 5.69 Å². The lowest BCUT2D eigenvalue weighted by molar-refractivity contribution is 0.0992. The van der Waals surface area contributed by atoms with Crippen LogP contribution in [0.1, 0.15) is 64.2 Å². The summed E-state index contributed by atoms with van der Waals surface area (Å²) in [4.78, 5) is 16.3. The first kappa shape index (κ1) is 27.6. The highest BCUT2D eigenvalue weighted by Gasteiger charge is 2.26. The van der Waals surface area contributed by atoms with Gasteiger partial charge in [0.05, 0.1) is 5.56 Å². The molecule has 0 radical (unpaired) electrons. The molecule has 41 heavy (non-hydrogen) atoms. The van der Waals surface area contributed by atoms with Crippen molar-refractivity contribution in [3.63, 3.8) is 0 Å². The van der Waals surface area contributed by atoms with E-state index in [9.17, 15) is 4.79 Å². The standard InChI is InChI=1S/C32H32N4O5/c1-20(2)25-16-24(14-15-26-29(30(31(33)37)35-41-26)32-34-21(3)40-36-32)27(38-18-22-10-6-4-7-11-22)17-28(25)39-19-23-12-8-5-9-13-23/h4-13,16-17,20H,14-15,18-19H2,1-3H3,(H2,33,37). The van der Waals surface area contributed by atoms with Crippen LogP contribution in [-0.4, -0.2) is 21.2 Å². The number of benzene rings is 3. The minimum absolute atomic E-state index is 0.0334. The summed E-state index contributed by atoms with van der Waals surface area (Å²) < 4.78 is 23.4. The van der Waals surface area contributed by atoms with Crippen molar-refractivity contribution in [2.24, 2.45) is 5.73 Å². The molecule has 0 bridgehead atoms. The summed E-state index contributed by atoms with van der Waals surface area (Å²) in [5.41, 5.74) is 10.0. The summed E-state index contributed by atoms with van der Waals surface area (Å²) in [6, 6.07) is 24.1. The van der Waals surface area contributed by atoms with Gasteiger partial charge in [0.25, 0.3) is 5.91 Å². The number of carbonyl (C=O) groups is 1. The first-order valence-corrected chi connectivity index (χ1v) is 13.5. The molecule has 0 unspecified atom stereocenters. The molecule has 3 aromatic carbocycles. The fourth-order valence-corrected chi connectivity index (χ4v) is 4.54. The average Bonchev–Trinajstić information content (AvgIpc) is 3.61. The summed E-state index contributed by atoms with van der Waals surface area (Å²) >= 11 is 0. The Bertz CT molecular complexity index is 1610. The van der Waals surface area contributed by atoms with Gasteiger partial charge in [-0.3, -0.25) is 4.79 Å². The molecule has 0 aliphatic carbocycles. The highest BCUT2D eigenvalue weighted by Crippen LogP contribution is 2.36. The van der Waals surface area contributed by atoms with Gasteiger partial charge in [-0.05, 0) is 40.7 Å². The lowest BCUT2D eigenvalue weighted by Gasteiger charge is -2.20. The fraction of sp³-hybridized carbons (Fsp3) is 0.250. The predicted molar refractivity (Wildman–Crippen MR) is 153 cm³/mol. The number of amides is 1. The van der Waals surface area contributed by atoms with E-state index in [0.29, 0.717) is 49.0 Å². The van der Waals surface area contributed by atoms with Crippen LogP contribution in [0.5, 0.6) is 11.5 Å². The molecule has 9 heteroatoms. The minimum atomic E-state index is -0.730. The molecule has 5 aromatic rings. The number of ether oxygens (including phenoxy) is 2. The number of carbonyl (C=O) groups excluding carboxylic acids is 1. The molecule has 9 nitrogen and oxygen atoms in total. The molecule has 0 saturated heterocycles. The van der Waals surface area contributed by atoms with Gasteiger partial charge in [0.2, 0.25) is 11.7 Å². The van der Waals surface area contributed by atoms with E-state index < -0.39 is 5.91 Å². The number of rotatable bonds is 12.